The van der Waals surface area contributed by atoms with Crippen molar-refractivity contribution in [3.8, 4) is 0 Å². The predicted octanol–water partition coefficient (Wildman–Crippen LogP) is 2.01. The summed E-state index contributed by atoms with van der Waals surface area (Å²) >= 11 is 0. The Morgan fingerprint density at radius 1 is 1.00 bits per heavy atom. The minimum absolute atomic E-state index is 0.792. The van der Waals surface area contributed by atoms with Gasteiger partial charge in [-0.1, -0.05) is 29.3 Å². The first-order chi connectivity index (χ1) is 14.6. The third-order valence-corrected chi connectivity index (χ3v) is 5.23. The lowest BCUT2D eigenvalue weighted by atomic mass is 10.1. The first-order valence-electron chi connectivity index (χ1n) is 11.0. The monoisotopic (exact) mass is 409 g/mol. The minimum Gasteiger partial charge on any atom is -0.357 e. The molecule has 0 spiro atoms. The van der Waals surface area contributed by atoms with Crippen LogP contribution in [0.25, 0.3) is 0 Å². The number of guanidine groups is 1. The summed E-state index contributed by atoms with van der Waals surface area (Å²) in [6.07, 6.45) is 4.61. The van der Waals surface area contributed by atoms with Crippen molar-refractivity contribution in [1.82, 2.24) is 25.5 Å². The van der Waals surface area contributed by atoms with Crippen LogP contribution in [0.15, 0.2) is 41.7 Å². The molecule has 30 heavy (non-hydrogen) atoms. The predicted molar refractivity (Wildman–Crippen MR) is 124 cm³/mol. The summed E-state index contributed by atoms with van der Waals surface area (Å²) in [6.45, 7) is 13.9. The van der Waals surface area contributed by atoms with Crippen LogP contribution in [-0.2, 0) is 6.42 Å². The second-order valence-electron chi connectivity index (χ2n) is 7.81. The molecule has 1 aromatic carbocycles. The molecule has 7 heteroatoms. The SMILES string of the molecule is CCNC(=NCCN1CCN(c2ncccn2)CC1)NCCc1cc(C)cc(C)c1. The highest BCUT2D eigenvalue weighted by Gasteiger charge is 2.18. The number of hydrogen-bond donors (Lipinski definition) is 2. The van der Waals surface area contributed by atoms with Crippen LogP contribution in [0.5, 0.6) is 0 Å². The summed E-state index contributed by atoms with van der Waals surface area (Å²) in [7, 11) is 0. The summed E-state index contributed by atoms with van der Waals surface area (Å²) in [5.74, 6) is 1.73. The average Bonchev–Trinajstić information content (AvgIpc) is 2.74. The summed E-state index contributed by atoms with van der Waals surface area (Å²) < 4.78 is 0. The fraction of sp³-hybridized carbons (Fsp3) is 0.522. The molecule has 0 saturated carbocycles. The summed E-state index contributed by atoms with van der Waals surface area (Å²) in [4.78, 5) is 18.2. The zero-order valence-electron chi connectivity index (χ0n) is 18.6. The molecule has 1 aliphatic heterocycles. The van der Waals surface area contributed by atoms with E-state index in [1.54, 1.807) is 12.4 Å². The van der Waals surface area contributed by atoms with Gasteiger partial charge in [-0.25, -0.2) is 9.97 Å². The topological polar surface area (TPSA) is 68.7 Å². The lowest BCUT2D eigenvalue weighted by Gasteiger charge is -2.34. The Bertz CT molecular complexity index is 778. The number of aliphatic imine (C=N–C) groups is 1. The van der Waals surface area contributed by atoms with E-state index in [1.165, 1.54) is 16.7 Å². The molecule has 3 rings (SSSR count). The van der Waals surface area contributed by atoms with Crippen LogP contribution in [-0.4, -0.2) is 73.2 Å². The Kier molecular flexibility index (Phi) is 8.44. The van der Waals surface area contributed by atoms with E-state index < -0.39 is 0 Å². The van der Waals surface area contributed by atoms with Crippen molar-refractivity contribution < 1.29 is 0 Å². The summed E-state index contributed by atoms with van der Waals surface area (Å²) in [5.41, 5.74) is 4.02. The van der Waals surface area contributed by atoms with Gasteiger partial charge in [0.2, 0.25) is 5.95 Å². The molecule has 0 unspecified atom stereocenters. The van der Waals surface area contributed by atoms with Crippen LogP contribution >= 0.6 is 0 Å². The van der Waals surface area contributed by atoms with Crippen molar-refractivity contribution in [2.24, 2.45) is 4.99 Å². The Labute approximate surface area is 180 Å². The van der Waals surface area contributed by atoms with Gasteiger partial charge in [0.05, 0.1) is 6.54 Å². The van der Waals surface area contributed by atoms with Gasteiger partial charge < -0.3 is 15.5 Å². The summed E-state index contributed by atoms with van der Waals surface area (Å²) in [6, 6.07) is 8.60. The second-order valence-corrected chi connectivity index (χ2v) is 7.81. The van der Waals surface area contributed by atoms with Gasteiger partial charge in [0, 0.05) is 58.2 Å². The quantitative estimate of drug-likeness (QED) is 0.514. The van der Waals surface area contributed by atoms with Gasteiger partial charge in [0.25, 0.3) is 0 Å². The molecule has 1 aliphatic rings. The third kappa shape index (κ3) is 6.99. The maximum absolute atomic E-state index is 4.77. The molecule has 0 amide bonds. The third-order valence-electron chi connectivity index (χ3n) is 5.23. The molecule has 2 N–H and O–H groups in total. The fourth-order valence-corrected chi connectivity index (χ4v) is 3.81. The van der Waals surface area contributed by atoms with Crippen molar-refractivity contribution >= 4 is 11.9 Å². The number of nitrogens with zero attached hydrogens (tertiary/aromatic N) is 5. The molecule has 0 atom stereocenters. The Morgan fingerprint density at radius 2 is 1.70 bits per heavy atom. The van der Waals surface area contributed by atoms with E-state index in [1.807, 2.05) is 6.07 Å². The molecule has 2 heterocycles. The van der Waals surface area contributed by atoms with Gasteiger partial charge in [0.1, 0.15) is 0 Å². The van der Waals surface area contributed by atoms with E-state index in [0.29, 0.717) is 0 Å². The molecule has 0 radical (unpaired) electrons. The fourth-order valence-electron chi connectivity index (χ4n) is 3.81. The van der Waals surface area contributed by atoms with Gasteiger partial charge in [0.15, 0.2) is 5.96 Å². The number of piperazine rings is 1. The zero-order chi connectivity index (χ0) is 21.2. The molecular formula is C23H35N7. The van der Waals surface area contributed by atoms with E-state index >= 15 is 0 Å². The Hall–Kier alpha value is -2.67. The number of benzene rings is 1. The average molecular weight is 410 g/mol. The van der Waals surface area contributed by atoms with Gasteiger partial charge >= 0.3 is 0 Å². The van der Waals surface area contributed by atoms with E-state index in [0.717, 1.165) is 70.7 Å². The standard InChI is InChI=1S/C23H35N7/c1-4-24-22(25-9-6-21-17-19(2)16-20(3)18-21)26-10-11-29-12-14-30(15-13-29)23-27-7-5-8-28-23/h5,7-8,16-18H,4,6,9-15H2,1-3H3,(H2,24,25,26). The van der Waals surface area contributed by atoms with Crippen LogP contribution in [0.4, 0.5) is 5.95 Å². The van der Waals surface area contributed by atoms with Crippen molar-refractivity contribution in [2.45, 2.75) is 27.2 Å². The first kappa shape index (κ1) is 22.0. The first-order valence-corrected chi connectivity index (χ1v) is 11.0. The number of aromatic nitrogens is 2. The van der Waals surface area contributed by atoms with Crippen LogP contribution in [0.3, 0.4) is 0 Å². The summed E-state index contributed by atoms with van der Waals surface area (Å²) in [5, 5.41) is 6.82. The smallest absolute Gasteiger partial charge is 0.225 e. The number of hydrogen-bond acceptors (Lipinski definition) is 5. The molecule has 162 valence electrons. The molecule has 7 nitrogen and oxygen atoms in total. The second kappa shape index (κ2) is 11.5. The van der Waals surface area contributed by atoms with Crippen LogP contribution in [0.1, 0.15) is 23.6 Å². The molecular weight excluding hydrogens is 374 g/mol. The molecule has 0 aliphatic carbocycles. The van der Waals surface area contributed by atoms with Crippen molar-refractivity contribution in [3.63, 3.8) is 0 Å². The van der Waals surface area contributed by atoms with Crippen molar-refractivity contribution in [2.75, 3.05) is 57.3 Å². The maximum Gasteiger partial charge on any atom is 0.225 e. The van der Waals surface area contributed by atoms with E-state index in [9.17, 15) is 0 Å². The van der Waals surface area contributed by atoms with Gasteiger partial charge in [-0.15, -0.1) is 0 Å². The lowest BCUT2D eigenvalue weighted by Crippen LogP contribution is -2.47. The highest BCUT2D eigenvalue weighted by Crippen LogP contribution is 2.10. The largest absolute Gasteiger partial charge is 0.357 e. The van der Waals surface area contributed by atoms with Crippen LogP contribution in [0.2, 0.25) is 0 Å². The number of aryl methyl sites for hydroxylation is 2. The molecule has 1 saturated heterocycles. The molecule has 1 fully saturated rings. The lowest BCUT2D eigenvalue weighted by molar-refractivity contribution is 0.263. The normalized spacial score (nSPS) is 15.3. The maximum atomic E-state index is 4.77. The number of rotatable bonds is 8. The van der Waals surface area contributed by atoms with Crippen LogP contribution < -0.4 is 15.5 Å². The van der Waals surface area contributed by atoms with Crippen molar-refractivity contribution in [1.29, 1.82) is 0 Å². The van der Waals surface area contributed by atoms with Crippen LogP contribution in [0, 0.1) is 13.8 Å². The highest BCUT2D eigenvalue weighted by atomic mass is 15.3. The zero-order valence-corrected chi connectivity index (χ0v) is 18.6. The number of nitrogens with one attached hydrogen (secondary N) is 2. The molecule has 0 bridgehead atoms. The molecule has 1 aromatic heterocycles. The van der Waals surface area contributed by atoms with Crippen molar-refractivity contribution in [3.05, 3.63) is 53.3 Å². The van der Waals surface area contributed by atoms with E-state index in [4.69, 9.17) is 4.99 Å². The number of anilines is 1. The highest BCUT2D eigenvalue weighted by molar-refractivity contribution is 5.79. The van der Waals surface area contributed by atoms with Gasteiger partial charge in [-0.2, -0.15) is 0 Å². The Balaban J connectivity index is 1.40. The minimum atomic E-state index is 0.792. The van der Waals surface area contributed by atoms with Gasteiger partial charge in [-0.3, -0.25) is 9.89 Å². The Morgan fingerprint density at radius 3 is 2.37 bits per heavy atom. The van der Waals surface area contributed by atoms with Gasteiger partial charge in [-0.05, 0) is 38.8 Å². The molecule has 2 aromatic rings. The van der Waals surface area contributed by atoms with E-state index in [2.05, 4.69) is 69.4 Å². The van der Waals surface area contributed by atoms with E-state index in [-0.39, 0.29) is 0 Å².